The summed E-state index contributed by atoms with van der Waals surface area (Å²) in [4.78, 5) is 12.7. The van der Waals surface area contributed by atoms with Crippen molar-refractivity contribution in [3.8, 4) is 17.2 Å². The Morgan fingerprint density at radius 2 is 1.41 bits per heavy atom. The second-order valence-electron chi connectivity index (χ2n) is 4.49. The first-order chi connectivity index (χ1) is 10.7. The summed E-state index contributed by atoms with van der Waals surface area (Å²) in [6, 6.07) is 3.30. The minimum atomic E-state index is -0.115. The van der Waals surface area contributed by atoms with E-state index in [0.717, 1.165) is 0 Å². The van der Waals surface area contributed by atoms with E-state index in [2.05, 4.69) is 0 Å². The molecule has 1 aliphatic carbocycles. The minimum Gasteiger partial charge on any atom is -0.493 e. The predicted molar refractivity (Wildman–Crippen MR) is 85.9 cm³/mol. The Bertz CT molecular complexity index is 653. The minimum absolute atomic E-state index is 0.115. The fraction of sp³-hybridized carbons (Fsp3) is 0.167. The van der Waals surface area contributed by atoms with Gasteiger partial charge in [0.05, 0.1) is 21.3 Å². The second-order valence-corrected chi connectivity index (χ2v) is 4.49. The van der Waals surface area contributed by atoms with E-state index in [9.17, 15) is 4.79 Å². The lowest BCUT2D eigenvalue weighted by molar-refractivity contribution is 0.103. The van der Waals surface area contributed by atoms with Gasteiger partial charge in [-0.05, 0) is 12.1 Å². The maximum absolute atomic E-state index is 12.7. The molecule has 0 saturated carbocycles. The van der Waals surface area contributed by atoms with E-state index in [4.69, 9.17) is 14.2 Å². The monoisotopic (exact) mass is 298 g/mol. The van der Waals surface area contributed by atoms with Crippen molar-refractivity contribution in [2.24, 2.45) is 0 Å². The molecule has 0 bridgehead atoms. The van der Waals surface area contributed by atoms with E-state index < -0.39 is 0 Å². The molecule has 0 saturated heterocycles. The van der Waals surface area contributed by atoms with Gasteiger partial charge in [0.15, 0.2) is 17.3 Å². The van der Waals surface area contributed by atoms with Crippen molar-refractivity contribution >= 4 is 5.78 Å². The van der Waals surface area contributed by atoms with Gasteiger partial charge in [-0.3, -0.25) is 4.79 Å². The molecular weight excluding hydrogens is 280 g/mol. The molecule has 1 aliphatic rings. The van der Waals surface area contributed by atoms with Crippen LogP contribution < -0.4 is 14.2 Å². The van der Waals surface area contributed by atoms with Crippen molar-refractivity contribution in [2.45, 2.75) is 0 Å². The molecule has 0 N–H and O–H groups in total. The molecule has 1 aromatic rings. The molecule has 0 spiro atoms. The molecule has 22 heavy (non-hydrogen) atoms. The van der Waals surface area contributed by atoms with Crippen molar-refractivity contribution in [2.75, 3.05) is 21.3 Å². The lowest BCUT2D eigenvalue weighted by Gasteiger charge is -2.14. The molecule has 4 heteroatoms. The lowest BCUT2D eigenvalue weighted by atomic mass is 10.0. The quantitative estimate of drug-likeness (QED) is 0.780. The Morgan fingerprint density at radius 1 is 0.818 bits per heavy atom. The normalized spacial score (nSPS) is 19.9. The Morgan fingerprint density at radius 3 is 2.00 bits per heavy atom. The Hall–Kier alpha value is -2.75. The lowest BCUT2D eigenvalue weighted by Crippen LogP contribution is -2.04. The van der Waals surface area contributed by atoms with Crippen LogP contribution in [0.25, 0.3) is 0 Å². The average Bonchev–Trinajstić information content (AvgIpc) is 2.52. The van der Waals surface area contributed by atoms with Gasteiger partial charge >= 0.3 is 0 Å². The Balaban J connectivity index is 2.45. The highest BCUT2D eigenvalue weighted by Crippen LogP contribution is 2.38. The number of methoxy groups -OCH3 is 3. The van der Waals surface area contributed by atoms with Gasteiger partial charge in [0.1, 0.15) is 0 Å². The van der Waals surface area contributed by atoms with Crippen LogP contribution in [0.15, 0.2) is 60.2 Å². The van der Waals surface area contributed by atoms with Gasteiger partial charge in [0.2, 0.25) is 5.75 Å². The van der Waals surface area contributed by atoms with Crippen LogP contribution in [0.3, 0.4) is 0 Å². The van der Waals surface area contributed by atoms with Crippen LogP contribution in [0.5, 0.6) is 17.2 Å². The van der Waals surface area contributed by atoms with Crippen molar-refractivity contribution in [1.82, 2.24) is 0 Å². The molecule has 0 aliphatic heterocycles. The van der Waals surface area contributed by atoms with Gasteiger partial charge in [-0.25, -0.2) is 0 Å². The number of carbonyl (C=O) groups excluding carboxylic acids is 1. The molecule has 2 rings (SSSR count). The van der Waals surface area contributed by atoms with Crippen molar-refractivity contribution < 1.29 is 19.0 Å². The summed E-state index contributed by atoms with van der Waals surface area (Å²) >= 11 is 0. The van der Waals surface area contributed by atoms with Crippen LogP contribution in [0.2, 0.25) is 0 Å². The molecular formula is C18H18O4. The topological polar surface area (TPSA) is 44.8 Å². The summed E-state index contributed by atoms with van der Waals surface area (Å²) in [5, 5.41) is 0. The van der Waals surface area contributed by atoms with E-state index in [1.54, 1.807) is 24.3 Å². The maximum Gasteiger partial charge on any atom is 0.203 e. The molecule has 0 amide bonds. The number of ketones is 1. The zero-order chi connectivity index (χ0) is 15.9. The summed E-state index contributed by atoms with van der Waals surface area (Å²) in [6.45, 7) is 0. The number of Topliss-reactive ketones (excluding diaryl/α,β-unsaturated/α-hetero) is 1. The first-order valence-electron chi connectivity index (χ1n) is 6.77. The summed E-state index contributed by atoms with van der Waals surface area (Å²) in [7, 11) is 4.57. The molecule has 1 aromatic carbocycles. The summed E-state index contributed by atoms with van der Waals surface area (Å²) in [5.41, 5.74) is 1.05. The van der Waals surface area contributed by atoms with Gasteiger partial charge in [-0.2, -0.15) is 0 Å². The highest BCUT2D eigenvalue weighted by Gasteiger charge is 2.18. The first-order valence-corrected chi connectivity index (χ1v) is 6.77. The third kappa shape index (κ3) is 3.28. The summed E-state index contributed by atoms with van der Waals surface area (Å²) in [6.07, 6.45) is 12.8. The largest absolute Gasteiger partial charge is 0.493 e. The van der Waals surface area contributed by atoms with E-state index in [1.807, 2.05) is 30.4 Å². The van der Waals surface area contributed by atoms with Gasteiger partial charge in [-0.15, -0.1) is 0 Å². The van der Waals surface area contributed by atoms with Crippen LogP contribution >= 0.6 is 0 Å². The highest BCUT2D eigenvalue weighted by molar-refractivity contribution is 6.11. The maximum atomic E-state index is 12.7. The standard InChI is InChI=1S/C18H18O4/c1-20-15-11-14(12-16(21-2)18(15)22-3)17(19)13-9-7-5-4-6-8-10-13/h4-12H,1-3H3/b5-4-,6-4?,7-5?,8-6-,9-7-,10-8?,13-9?,13-10+. The molecule has 0 atom stereocenters. The molecule has 0 aromatic heterocycles. The third-order valence-electron chi connectivity index (χ3n) is 3.19. The molecule has 114 valence electrons. The first kappa shape index (κ1) is 15.6. The number of ether oxygens (including phenoxy) is 3. The van der Waals surface area contributed by atoms with Crippen LogP contribution in [0.4, 0.5) is 0 Å². The second kappa shape index (κ2) is 7.31. The van der Waals surface area contributed by atoms with Gasteiger partial charge in [-0.1, -0.05) is 42.5 Å². The van der Waals surface area contributed by atoms with Crippen LogP contribution in [-0.4, -0.2) is 27.1 Å². The highest BCUT2D eigenvalue weighted by atomic mass is 16.5. The number of hydrogen-bond acceptors (Lipinski definition) is 4. The Labute approximate surface area is 130 Å². The molecule has 0 heterocycles. The molecule has 0 fully saturated rings. The third-order valence-corrected chi connectivity index (χ3v) is 3.19. The van der Waals surface area contributed by atoms with E-state index in [1.165, 1.54) is 21.3 Å². The smallest absolute Gasteiger partial charge is 0.203 e. The van der Waals surface area contributed by atoms with Crippen LogP contribution in [0.1, 0.15) is 10.4 Å². The Kier molecular flexibility index (Phi) is 5.20. The fourth-order valence-corrected chi connectivity index (χ4v) is 2.10. The fourth-order valence-electron chi connectivity index (χ4n) is 2.10. The molecule has 4 nitrogen and oxygen atoms in total. The number of allylic oxidation sites excluding steroid dienone is 8. The molecule has 0 radical (unpaired) electrons. The predicted octanol–water partition coefficient (Wildman–Crippen LogP) is 3.50. The zero-order valence-corrected chi connectivity index (χ0v) is 12.8. The number of carbonyl (C=O) groups is 1. The number of benzene rings is 1. The number of rotatable bonds is 5. The SMILES string of the molecule is COc1cc(C(=O)C2=C/C=C\C=C/C=C\2)cc(OC)c1OC. The van der Waals surface area contributed by atoms with E-state index >= 15 is 0 Å². The van der Waals surface area contributed by atoms with Crippen molar-refractivity contribution in [3.05, 3.63) is 65.8 Å². The van der Waals surface area contributed by atoms with Crippen LogP contribution in [0, 0.1) is 0 Å². The van der Waals surface area contributed by atoms with E-state index in [-0.39, 0.29) is 5.78 Å². The average molecular weight is 298 g/mol. The van der Waals surface area contributed by atoms with Gasteiger partial charge < -0.3 is 14.2 Å². The van der Waals surface area contributed by atoms with Gasteiger partial charge in [0.25, 0.3) is 0 Å². The van der Waals surface area contributed by atoms with E-state index in [0.29, 0.717) is 28.4 Å². The molecule has 0 unspecified atom stereocenters. The zero-order valence-electron chi connectivity index (χ0n) is 12.8. The number of hydrogen-bond donors (Lipinski definition) is 0. The van der Waals surface area contributed by atoms with Crippen molar-refractivity contribution in [1.29, 1.82) is 0 Å². The van der Waals surface area contributed by atoms with Gasteiger partial charge in [0, 0.05) is 11.1 Å². The van der Waals surface area contributed by atoms with Crippen LogP contribution in [-0.2, 0) is 0 Å². The van der Waals surface area contributed by atoms with Crippen molar-refractivity contribution in [3.63, 3.8) is 0 Å². The summed E-state index contributed by atoms with van der Waals surface area (Å²) < 4.78 is 15.8. The summed E-state index contributed by atoms with van der Waals surface area (Å²) in [5.74, 6) is 1.26.